The number of aryl methyl sites for hydroxylation is 1. The van der Waals surface area contributed by atoms with Crippen LogP contribution in [0.5, 0.6) is 0 Å². The summed E-state index contributed by atoms with van der Waals surface area (Å²) in [5.74, 6) is -0.544. The maximum Gasteiger partial charge on any atom is 0.271 e. The van der Waals surface area contributed by atoms with Gasteiger partial charge in [0.1, 0.15) is 5.69 Å². The minimum absolute atomic E-state index is 0.257. The first kappa shape index (κ1) is 16.2. The number of carbonyl (C=O) groups is 2. The van der Waals surface area contributed by atoms with E-state index in [1.165, 1.54) is 10.9 Å². The molecule has 2 aromatic rings. The van der Waals surface area contributed by atoms with Gasteiger partial charge in [-0.3, -0.25) is 14.3 Å². The van der Waals surface area contributed by atoms with Crippen LogP contribution in [0.4, 0.5) is 5.69 Å². The highest BCUT2D eigenvalue weighted by atomic mass is 79.9. The Morgan fingerprint density at radius 3 is 2.55 bits per heavy atom. The Bertz CT molecular complexity index is 679. The van der Waals surface area contributed by atoms with Gasteiger partial charge in [-0.2, -0.15) is 5.10 Å². The van der Waals surface area contributed by atoms with Crippen LogP contribution < -0.4 is 10.6 Å². The van der Waals surface area contributed by atoms with E-state index >= 15 is 0 Å². The predicted octanol–water partition coefficient (Wildman–Crippen LogP) is 2.57. The first-order valence-corrected chi connectivity index (χ1v) is 7.69. The van der Waals surface area contributed by atoms with Crippen LogP contribution in [0.3, 0.4) is 0 Å². The van der Waals surface area contributed by atoms with Gasteiger partial charge in [0, 0.05) is 23.6 Å². The molecule has 0 spiro atoms. The number of rotatable bonds is 5. The zero-order valence-corrected chi connectivity index (χ0v) is 14.0. The number of halogens is 1. The van der Waals surface area contributed by atoms with E-state index < -0.39 is 0 Å². The van der Waals surface area contributed by atoms with Gasteiger partial charge in [0.05, 0.1) is 11.9 Å². The summed E-state index contributed by atoms with van der Waals surface area (Å²) in [6.45, 7) is 2.55. The maximum atomic E-state index is 12.2. The second-order valence-electron chi connectivity index (χ2n) is 4.75. The largest absolute Gasteiger partial charge is 0.351 e. The third-order valence-electron chi connectivity index (χ3n) is 3.04. The highest BCUT2D eigenvalue weighted by molar-refractivity contribution is 9.10. The fraction of sp³-hybridized carbons (Fsp3) is 0.267. The van der Waals surface area contributed by atoms with Crippen LogP contribution in [0.2, 0.25) is 0 Å². The molecule has 2 N–H and O–H groups in total. The molecule has 0 saturated carbocycles. The molecule has 0 saturated heterocycles. The fourth-order valence-corrected chi connectivity index (χ4v) is 2.18. The van der Waals surface area contributed by atoms with Crippen LogP contribution in [0, 0.1) is 0 Å². The fourth-order valence-electron chi connectivity index (χ4n) is 1.92. The highest BCUT2D eigenvalue weighted by Gasteiger charge is 2.18. The van der Waals surface area contributed by atoms with Crippen molar-refractivity contribution in [2.24, 2.45) is 7.05 Å². The molecule has 0 aliphatic heterocycles. The van der Waals surface area contributed by atoms with Crippen LogP contribution in [0.15, 0.2) is 34.9 Å². The zero-order chi connectivity index (χ0) is 16.1. The third kappa shape index (κ3) is 3.73. The second kappa shape index (κ2) is 7.22. The average Bonchev–Trinajstić information content (AvgIpc) is 2.86. The van der Waals surface area contributed by atoms with E-state index in [0.717, 1.165) is 10.9 Å². The Labute approximate surface area is 137 Å². The predicted molar refractivity (Wildman–Crippen MR) is 87.9 cm³/mol. The molecule has 0 aliphatic rings. The van der Waals surface area contributed by atoms with Crippen LogP contribution in [-0.4, -0.2) is 28.1 Å². The average molecular weight is 365 g/mol. The van der Waals surface area contributed by atoms with Gasteiger partial charge >= 0.3 is 0 Å². The van der Waals surface area contributed by atoms with E-state index in [4.69, 9.17) is 0 Å². The monoisotopic (exact) mass is 364 g/mol. The van der Waals surface area contributed by atoms with Crippen molar-refractivity contribution in [2.75, 3.05) is 11.9 Å². The molecular formula is C15H17BrN4O2. The molecule has 0 fully saturated rings. The third-order valence-corrected chi connectivity index (χ3v) is 3.57. The van der Waals surface area contributed by atoms with Gasteiger partial charge in [-0.05, 0) is 30.7 Å². The molecule has 0 radical (unpaired) electrons. The lowest BCUT2D eigenvalue weighted by Gasteiger charge is -2.08. The van der Waals surface area contributed by atoms with Crippen molar-refractivity contribution in [3.63, 3.8) is 0 Å². The van der Waals surface area contributed by atoms with Crippen LogP contribution in [0.25, 0.3) is 0 Å². The number of anilines is 1. The summed E-state index contributed by atoms with van der Waals surface area (Å²) in [4.78, 5) is 24.4. The first-order chi connectivity index (χ1) is 10.5. The molecule has 0 bridgehead atoms. The minimum Gasteiger partial charge on any atom is -0.351 e. The number of nitrogens with one attached hydrogen (secondary N) is 2. The van der Waals surface area contributed by atoms with E-state index in [1.807, 2.05) is 6.92 Å². The molecular weight excluding hydrogens is 348 g/mol. The van der Waals surface area contributed by atoms with Crippen molar-refractivity contribution >= 4 is 33.4 Å². The van der Waals surface area contributed by atoms with Gasteiger partial charge in [0.15, 0.2) is 0 Å². The van der Waals surface area contributed by atoms with Gasteiger partial charge < -0.3 is 10.6 Å². The van der Waals surface area contributed by atoms with E-state index in [0.29, 0.717) is 23.5 Å². The molecule has 2 amide bonds. The molecule has 7 heteroatoms. The number of aromatic nitrogens is 2. The zero-order valence-electron chi connectivity index (χ0n) is 12.4. The smallest absolute Gasteiger partial charge is 0.271 e. The number of hydrogen-bond donors (Lipinski definition) is 2. The summed E-state index contributed by atoms with van der Waals surface area (Å²) >= 11 is 3.32. The Kier molecular flexibility index (Phi) is 5.32. The van der Waals surface area contributed by atoms with Crippen molar-refractivity contribution in [1.82, 2.24) is 15.1 Å². The topological polar surface area (TPSA) is 76.0 Å². The summed E-state index contributed by atoms with van der Waals surface area (Å²) in [6.07, 6.45) is 2.31. The number of hydrogen-bond acceptors (Lipinski definition) is 3. The molecule has 0 aliphatic carbocycles. The van der Waals surface area contributed by atoms with Crippen molar-refractivity contribution < 1.29 is 9.59 Å². The molecule has 116 valence electrons. The van der Waals surface area contributed by atoms with E-state index in [2.05, 4.69) is 31.7 Å². The summed E-state index contributed by atoms with van der Waals surface area (Å²) in [7, 11) is 1.66. The lowest BCUT2D eigenvalue weighted by atomic mass is 10.2. The SMILES string of the molecule is CCCNC(=O)c1c(NC(=O)c2ccc(Br)cc2)cnn1C. The Balaban J connectivity index is 2.17. The molecule has 6 nitrogen and oxygen atoms in total. The molecule has 0 unspecified atom stereocenters. The van der Waals surface area contributed by atoms with Crippen LogP contribution in [-0.2, 0) is 7.05 Å². The van der Waals surface area contributed by atoms with Gasteiger partial charge in [-0.15, -0.1) is 0 Å². The van der Waals surface area contributed by atoms with Gasteiger partial charge in [-0.25, -0.2) is 0 Å². The highest BCUT2D eigenvalue weighted by Crippen LogP contribution is 2.16. The number of amides is 2. The summed E-state index contributed by atoms with van der Waals surface area (Å²) in [5, 5.41) is 9.55. The first-order valence-electron chi connectivity index (χ1n) is 6.90. The van der Waals surface area contributed by atoms with Crippen molar-refractivity contribution in [2.45, 2.75) is 13.3 Å². The number of benzene rings is 1. The lowest BCUT2D eigenvalue weighted by Crippen LogP contribution is -2.27. The van der Waals surface area contributed by atoms with Gasteiger partial charge in [0.2, 0.25) is 0 Å². The standard InChI is InChI=1S/C15H17BrN4O2/c1-3-8-17-15(22)13-12(9-18-20(13)2)19-14(21)10-4-6-11(16)7-5-10/h4-7,9H,3,8H2,1-2H3,(H,17,22)(H,19,21). The summed E-state index contributed by atoms with van der Waals surface area (Å²) in [5.41, 5.74) is 1.23. The second-order valence-corrected chi connectivity index (χ2v) is 5.66. The molecule has 1 aromatic heterocycles. The van der Waals surface area contributed by atoms with E-state index in [-0.39, 0.29) is 11.8 Å². The van der Waals surface area contributed by atoms with Crippen molar-refractivity contribution in [3.8, 4) is 0 Å². The van der Waals surface area contributed by atoms with Crippen LogP contribution >= 0.6 is 15.9 Å². The number of carbonyl (C=O) groups excluding carboxylic acids is 2. The van der Waals surface area contributed by atoms with Crippen molar-refractivity contribution in [3.05, 3.63) is 46.2 Å². The van der Waals surface area contributed by atoms with Crippen molar-refractivity contribution in [1.29, 1.82) is 0 Å². The normalized spacial score (nSPS) is 10.3. The molecule has 2 rings (SSSR count). The summed E-state index contributed by atoms with van der Waals surface area (Å²) < 4.78 is 2.34. The Morgan fingerprint density at radius 2 is 1.91 bits per heavy atom. The maximum absolute atomic E-state index is 12.2. The molecule has 1 aromatic carbocycles. The minimum atomic E-state index is -0.287. The summed E-state index contributed by atoms with van der Waals surface area (Å²) in [6, 6.07) is 6.97. The van der Waals surface area contributed by atoms with Gasteiger partial charge in [0.25, 0.3) is 11.8 Å². The van der Waals surface area contributed by atoms with Gasteiger partial charge in [-0.1, -0.05) is 22.9 Å². The number of nitrogens with zero attached hydrogens (tertiary/aromatic N) is 2. The molecule has 1 heterocycles. The van der Waals surface area contributed by atoms with E-state index in [9.17, 15) is 9.59 Å². The van der Waals surface area contributed by atoms with Crippen LogP contribution in [0.1, 0.15) is 34.2 Å². The molecule has 0 atom stereocenters. The Morgan fingerprint density at radius 1 is 1.23 bits per heavy atom. The van der Waals surface area contributed by atoms with E-state index in [1.54, 1.807) is 31.3 Å². The lowest BCUT2D eigenvalue weighted by molar-refractivity contribution is 0.0945. The molecule has 22 heavy (non-hydrogen) atoms. The quantitative estimate of drug-likeness (QED) is 0.855. The Hall–Kier alpha value is -2.15.